The largest absolute Gasteiger partial charge is 0.453 e. The molecular formula is C14H25F5. The van der Waals surface area contributed by atoms with E-state index in [1.54, 1.807) is 0 Å². The molecule has 0 bridgehead atoms. The summed E-state index contributed by atoms with van der Waals surface area (Å²) in [6.07, 6.45) is -1.50. The quantitative estimate of drug-likeness (QED) is 0.386. The highest BCUT2D eigenvalue weighted by molar-refractivity contribution is 4.90. The molecule has 0 spiro atoms. The summed E-state index contributed by atoms with van der Waals surface area (Å²) < 4.78 is 64.6. The first kappa shape index (κ1) is 18.7. The molecule has 5 heteroatoms. The van der Waals surface area contributed by atoms with Crippen LogP contribution in [-0.2, 0) is 0 Å². The lowest BCUT2D eigenvalue weighted by molar-refractivity contribution is -0.314. The molecule has 19 heavy (non-hydrogen) atoms. The third-order valence-corrected chi connectivity index (χ3v) is 3.46. The second-order valence-electron chi connectivity index (χ2n) is 6.24. The van der Waals surface area contributed by atoms with E-state index < -0.39 is 23.4 Å². The van der Waals surface area contributed by atoms with Gasteiger partial charge in [0.1, 0.15) is 0 Å². The molecule has 0 N–H and O–H groups in total. The first-order chi connectivity index (χ1) is 8.44. The van der Waals surface area contributed by atoms with Gasteiger partial charge in [-0.15, -0.1) is 0 Å². The van der Waals surface area contributed by atoms with Crippen LogP contribution in [-0.4, -0.2) is 12.1 Å². The fourth-order valence-corrected chi connectivity index (χ4v) is 2.31. The fraction of sp³-hybridized carbons (Fsp3) is 1.00. The van der Waals surface area contributed by atoms with E-state index in [0.717, 1.165) is 19.3 Å². The second kappa shape index (κ2) is 6.89. The molecule has 0 radical (unpaired) electrons. The lowest BCUT2D eigenvalue weighted by Crippen LogP contribution is -2.48. The van der Waals surface area contributed by atoms with E-state index in [1.165, 1.54) is 20.8 Å². The molecule has 0 saturated heterocycles. The molecule has 0 fully saturated rings. The minimum Gasteiger partial charge on any atom is -0.196 e. The molecule has 1 atom stereocenters. The van der Waals surface area contributed by atoms with Crippen molar-refractivity contribution in [3.63, 3.8) is 0 Å². The summed E-state index contributed by atoms with van der Waals surface area (Å²) in [5.41, 5.74) is -1.07. The molecule has 0 aromatic rings. The number of unbranched alkanes of at least 4 members (excludes halogenated alkanes) is 4. The van der Waals surface area contributed by atoms with Gasteiger partial charge in [-0.05, 0) is 11.8 Å². The van der Waals surface area contributed by atoms with E-state index >= 15 is 0 Å². The van der Waals surface area contributed by atoms with Gasteiger partial charge in [0.05, 0.1) is 0 Å². The van der Waals surface area contributed by atoms with Gasteiger partial charge in [-0.3, -0.25) is 0 Å². The van der Waals surface area contributed by atoms with E-state index in [4.69, 9.17) is 0 Å². The molecule has 1 unspecified atom stereocenters. The van der Waals surface area contributed by atoms with Crippen molar-refractivity contribution >= 4 is 0 Å². The van der Waals surface area contributed by atoms with Crippen LogP contribution in [0.15, 0.2) is 0 Å². The Balaban J connectivity index is 4.67. The van der Waals surface area contributed by atoms with Crippen molar-refractivity contribution in [2.75, 3.05) is 0 Å². The minimum atomic E-state index is -5.46. The van der Waals surface area contributed by atoms with Crippen LogP contribution in [0, 0.1) is 11.3 Å². The average Bonchev–Trinajstić information content (AvgIpc) is 2.19. The topological polar surface area (TPSA) is 0 Å². The van der Waals surface area contributed by atoms with Crippen LogP contribution in [0.4, 0.5) is 22.0 Å². The Labute approximate surface area is 112 Å². The van der Waals surface area contributed by atoms with Crippen molar-refractivity contribution in [3.8, 4) is 0 Å². The van der Waals surface area contributed by atoms with Gasteiger partial charge in [-0.2, -0.15) is 22.0 Å². The van der Waals surface area contributed by atoms with Gasteiger partial charge in [0.15, 0.2) is 0 Å². The van der Waals surface area contributed by atoms with Crippen molar-refractivity contribution in [3.05, 3.63) is 0 Å². The monoisotopic (exact) mass is 288 g/mol. The average molecular weight is 288 g/mol. The van der Waals surface area contributed by atoms with Gasteiger partial charge in [-0.25, -0.2) is 0 Å². The van der Waals surface area contributed by atoms with E-state index in [2.05, 4.69) is 0 Å². The molecule has 116 valence electrons. The maximum Gasteiger partial charge on any atom is 0.453 e. The Hall–Kier alpha value is -0.350. The zero-order valence-electron chi connectivity index (χ0n) is 12.2. The van der Waals surface area contributed by atoms with Crippen molar-refractivity contribution in [1.29, 1.82) is 0 Å². The van der Waals surface area contributed by atoms with Crippen LogP contribution < -0.4 is 0 Å². The van der Waals surface area contributed by atoms with Gasteiger partial charge in [0.2, 0.25) is 0 Å². The Morgan fingerprint density at radius 1 is 0.789 bits per heavy atom. The van der Waals surface area contributed by atoms with Crippen molar-refractivity contribution in [2.24, 2.45) is 11.3 Å². The lowest BCUT2D eigenvalue weighted by atomic mass is 9.73. The third-order valence-electron chi connectivity index (χ3n) is 3.46. The van der Waals surface area contributed by atoms with Crippen LogP contribution in [0.25, 0.3) is 0 Å². The molecule has 0 aromatic carbocycles. The summed E-state index contributed by atoms with van der Waals surface area (Å²) in [5, 5.41) is 0. The Morgan fingerprint density at radius 2 is 1.26 bits per heavy atom. The van der Waals surface area contributed by atoms with Crippen LogP contribution in [0.3, 0.4) is 0 Å². The molecule has 0 saturated carbocycles. The number of halogens is 5. The molecule has 0 amide bonds. The fourth-order valence-electron chi connectivity index (χ4n) is 2.31. The molecule has 0 nitrogen and oxygen atoms in total. The van der Waals surface area contributed by atoms with E-state index in [0.29, 0.717) is 12.8 Å². The molecule has 0 aliphatic rings. The molecule has 0 aliphatic carbocycles. The normalized spacial score (nSPS) is 15.6. The summed E-state index contributed by atoms with van der Waals surface area (Å²) in [6, 6.07) is 0. The minimum absolute atomic E-state index is 0.0836. The molecule has 0 heterocycles. The number of hydrogen-bond donors (Lipinski definition) is 0. The zero-order valence-corrected chi connectivity index (χ0v) is 12.2. The van der Waals surface area contributed by atoms with Gasteiger partial charge in [0, 0.05) is 5.92 Å². The van der Waals surface area contributed by atoms with E-state index in [-0.39, 0.29) is 6.42 Å². The Bertz CT molecular complexity index is 250. The maximum atomic E-state index is 13.5. The van der Waals surface area contributed by atoms with Crippen molar-refractivity contribution < 1.29 is 22.0 Å². The standard InChI is InChI=1S/C14H25F5/c1-5-6-7-8-9-10-11(12(2,3)4)13(15,16)14(17,18)19/h11H,5-10H2,1-4H3. The highest BCUT2D eigenvalue weighted by Gasteiger charge is 2.64. The SMILES string of the molecule is CCCCCCCC(C(C)(C)C)C(F)(F)C(F)(F)F. The highest BCUT2D eigenvalue weighted by Crippen LogP contribution is 2.49. The van der Waals surface area contributed by atoms with Gasteiger partial charge in [-0.1, -0.05) is 59.8 Å². The van der Waals surface area contributed by atoms with Crippen molar-refractivity contribution in [2.45, 2.75) is 78.3 Å². The molecular weight excluding hydrogens is 263 g/mol. The van der Waals surface area contributed by atoms with Gasteiger partial charge >= 0.3 is 12.1 Å². The molecule has 0 aliphatic heterocycles. The van der Waals surface area contributed by atoms with Crippen LogP contribution in [0.1, 0.15) is 66.2 Å². The van der Waals surface area contributed by atoms with Crippen LogP contribution >= 0.6 is 0 Å². The highest BCUT2D eigenvalue weighted by atomic mass is 19.4. The molecule has 0 rings (SSSR count). The first-order valence-corrected chi connectivity index (χ1v) is 6.89. The summed E-state index contributed by atoms with van der Waals surface area (Å²) >= 11 is 0. The summed E-state index contributed by atoms with van der Waals surface area (Å²) in [4.78, 5) is 0. The lowest BCUT2D eigenvalue weighted by Gasteiger charge is -2.37. The second-order valence-corrected chi connectivity index (χ2v) is 6.24. The summed E-state index contributed by atoms with van der Waals surface area (Å²) in [7, 11) is 0. The van der Waals surface area contributed by atoms with Gasteiger partial charge < -0.3 is 0 Å². The summed E-state index contributed by atoms with van der Waals surface area (Å²) in [5.74, 6) is -6.28. The van der Waals surface area contributed by atoms with E-state index in [9.17, 15) is 22.0 Å². The number of rotatable bonds is 7. The number of alkyl halides is 5. The predicted molar refractivity (Wildman–Crippen MR) is 67.3 cm³/mol. The predicted octanol–water partition coefficient (Wildman–Crippen LogP) is 6.21. The smallest absolute Gasteiger partial charge is 0.196 e. The maximum absolute atomic E-state index is 13.5. The van der Waals surface area contributed by atoms with Crippen molar-refractivity contribution in [1.82, 2.24) is 0 Å². The zero-order chi connectivity index (χ0) is 15.3. The van der Waals surface area contributed by atoms with Gasteiger partial charge in [0.25, 0.3) is 0 Å². The third kappa shape index (κ3) is 5.65. The summed E-state index contributed by atoms with van der Waals surface area (Å²) in [6.45, 7) is 6.37. The first-order valence-electron chi connectivity index (χ1n) is 6.89. The van der Waals surface area contributed by atoms with E-state index in [1.807, 2.05) is 6.92 Å². The van der Waals surface area contributed by atoms with Crippen LogP contribution in [0.2, 0.25) is 0 Å². The Kier molecular flexibility index (Phi) is 6.76. The number of hydrogen-bond acceptors (Lipinski definition) is 0. The Morgan fingerprint density at radius 3 is 1.63 bits per heavy atom. The molecule has 0 aromatic heterocycles. The van der Waals surface area contributed by atoms with Crippen LogP contribution in [0.5, 0.6) is 0 Å².